The Bertz CT molecular complexity index is 700. The van der Waals surface area contributed by atoms with E-state index in [1.807, 2.05) is 25.1 Å². The Morgan fingerprint density at radius 3 is 2.76 bits per heavy atom. The van der Waals surface area contributed by atoms with Gasteiger partial charge in [0.1, 0.15) is 5.56 Å². The molecule has 7 nitrogen and oxygen atoms in total. The van der Waals surface area contributed by atoms with Gasteiger partial charge in [-0.05, 0) is 31.2 Å². The van der Waals surface area contributed by atoms with E-state index in [0.717, 1.165) is 11.4 Å². The van der Waals surface area contributed by atoms with Gasteiger partial charge in [-0.15, -0.1) is 0 Å². The molecule has 2 aromatic rings. The van der Waals surface area contributed by atoms with E-state index in [1.165, 1.54) is 18.2 Å². The van der Waals surface area contributed by atoms with Gasteiger partial charge in [-0.25, -0.2) is 4.79 Å². The lowest BCUT2D eigenvalue weighted by atomic mass is 10.1. The van der Waals surface area contributed by atoms with Gasteiger partial charge >= 0.3 is 5.97 Å². The van der Waals surface area contributed by atoms with Gasteiger partial charge in [0.15, 0.2) is 0 Å². The minimum Gasteiger partial charge on any atom is -0.477 e. The van der Waals surface area contributed by atoms with E-state index >= 15 is 0 Å². The lowest BCUT2D eigenvalue weighted by Gasteiger charge is -2.07. The number of nitro benzene ring substituents is 1. The Balaban J connectivity index is 2.19. The second kappa shape index (κ2) is 6.00. The van der Waals surface area contributed by atoms with Crippen LogP contribution in [0.4, 0.5) is 11.4 Å². The summed E-state index contributed by atoms with van der Waals surface area (Å²) in [5, 5.41) is 22.8. The molecule has 1 heterocycles. The van der Waals surface area contributed by atoms with Crippen LogP contribution in [0.1, 0.15) is 21.7 Å². The van der Waals surface area contributed by atoms with Crippen LogP contribution >= 0.6 is 0 Å². The van der Waals surface area contributed by atoms with Gasteiger partial charge in [-0.1, -0.05) is 6.07 Å². The molecule has 0 fully saturated rings. The fraction of sp³-hybridized carbons (Fsp3) is 0.143. The molecule has 7 heteroatoms. The van der Waals surface area contributed by atoms with Crippen LogP contribution in [-0.4, -0.2) is 21.0 Å². The Hall–Kier alpha value is -2.96. The van der Waals surface area contributed by atoms with E-state index in [2.05, 4.69) is 10.3 Å². The summed E-state index contributed by atoms with van der Waals surface area (Å²) in [6.45, 7) is 2.27. The van der Waals surface area contributed by atoms with E-state index in [9.17, 15) is 14.9 Å². The molecular formula is C14H13N3O4. The first-order valence-electron chi connectivity index (χ1n) is 6.15. The number of carboxylic acids is 1. The van der Waals surface area contributed by atoms with Crippen molar-refractivity contribution in [2.45, 2.75) is 13.5 Å². The first kappa shape index (κ1) is 14.4. The molecule has 1 aromatic heterocycles. The molecule has 0 saturated carbocycles. The second-order valence-electron chi connectivity index (χ2n) is 4.42. The van der Waals surface area contributed by atoms with Crippen LogP contribution in [0.2, 0.25) is 0 Å². The van der Waals surface area contributed by atoms with E-state index in [4.69, 9.17) is 5.11 Å². The van der Waals surface area contributed by atoms with Crippen molar-refractivity contribution in [2.24, 2.45) is 0 Å². The summed E-state index contributed by atoms with van der Waals surface area (Å²) < 4.78 is 0. The topological polar surface area (TPSA) is 105 Å². The highest BCUT2D eigenvalue weighted by Crippen LogP contribution is 2.23. The maximum atomic E-state index is 11.1. The molecule has 2 rings (SSSR count). The standard InChI is InChI=1S/C14H13N3O4/c1-9-3-2-4-11(16-9)8-15-10-5-6-13(17(20)21)12(7-10)14(18)19/h2-7,15H,8H2,1H3,(H,18,19). The average molecular weight is 287 g/mol. The molecule has 0 bridgehead atoms. The highest BCUT2D eigenvalue weighted by molar-refractivity contribution is 5.93. The molecule has 0 saturated heterocycles. The average Bonchev–Trinajstić information content (AvgIpc) is 2.44. The molecular weight excluding hydrogens is 274 g/mol. The number of aromatic nitrogens is 1. The van der Waals surface area contributed by atoms with E-state index in [1.54, 1.807) is 0 Å². The lowest BCUT2D eigenvalue weighted by Crippen LogP contribution is -2.06. The summed E-state index contributed by atoms with van der Waals surface area (Å²) in [6.07, 6.45) is 0. The van der Waals surface area contributed by atoms with Crippen molar-refractivity contribution >= 4 is 17.3 Å². The number of benzene rings is 1. The smallest absolute Gasteiger partial charge is 0.342 e. The number of carboxylic acid groups (broad SMARTS) is 1. The van der Waals surface area contributed by atoms with Gasteiger partial charge < -0.3 is 10.4 Å². The normalized spacial score (nSPS) is 10.1. The van der Waals surface area contributed by atoms with Gasteiger partial charge in [0, 0.05) is 17.4 Å². The maximum Gasteiger partial charge on any atom is 0.342 e. The van der Waals surface area contributed by atoms with Crippen molar-refractivity contribution in [3.05, 3.63) is 63.5 Å². The highest BCUT2D eigenvalue weighted by atomic mass is 16.6. The number of nitrogens with one attached hydrogen (secondary N) is 1. The van der Waals surface area contributed by atoms with Gasteiger partial charge in [0.2, 0.25) is 0 Å². The van der Waals surface area contributed by atoms with Crippen LogP contribution < -0.4 is 5.32 Å². The van der Waals surface area contributed by atoms with Gasteiger partial charge in [0.05, 0.1) is 17.2 Å². The molecule has 108 valence electrons. The van der Waals surface area contributed by atoms with E-state index < -0.39 is 16.6 Å². The van der Waals surface area contributed by atoms with Crippen LogP contribution in [0.5, 0.6) is 0 Å². The monoisotopic (exact) mass is 287 g/mol. The first-order chi connectivity index (χ1) is 9.97. The van der Waals surface area contributed by atoms with Crippen LogP contribution in [-0.2, 0) is 6.54 Å². The van der Waals surface area contributed by atoms with Crippen molar-refractivity contribution in [3.63, 3.8) is 0 Å². The zero-order valence-electron chi connectivity index (χ0n) is 11.2. The second-order valence-corrected chi connectivity index (χ2v) is 4.42. The van der Waals surface area contributed by atoms with Crippen molar-refractivity contribution in [2.75, 3.05) is 5.32 Å². The highest BCUT2D eigenvalue weighted by Gasteiger charge is 2.19. The fourth-order valence-electron chi connectivity index (χ4n) is 1.87. The van der Waals surface area contributed by atoms with Gasteiger partial charge in [-0.2, -0.15) is 0 Å². The molecule has 1 aromatic carbocycles. The first-order valence-corrected chi connectivity index (χ1v) is 6.15. The number of hydrogen-bond acceptors (Lipinski definition) is 5. The summed E-state index contributed by atoms with van der Waals surface area (Å²) in [5.41, 5.74) is 1.39. The van der Waals surface area contributed by atoms with Gasteiger partial charge in [0.25, 0.3) is 5.69 Å². The third-order valence-corrected chi connectivity index (χ3v) is 2.84. The van der Waals surface area contributed by atoms with Crippen molar-refractivity contribution in [3.8, 4) is 0 Å². The van der Waals surface area contributed by atoms with Crippen LogP contribution in [0.25, 0.3) is 0 Å². The zero-order valence-corrected chi connectivity index (χ0v) is 11.2. The number of hydrogen-bond donors (Lipinski definition) is 2. The largest absolute Gasteiger partial charge is 0.477 e. The minimum absolute atomic E-state index is 0.345. The molecule has 0 spiro atoms. The molecule has 0 amide bonds. The summed E-state index contributed by atoms with van der Waals surface area (Å²) in [4.78, 5) is 25.4. The Kier molecular flexibility index (Phi) is 4.13. The molecule has 2 N–H and O–H groups in total. The number of aromatic carboxylic acids is 1. The number of pyridine rings is 1. The molecule has 0 aliphatic carbocycles. The molecule has 0 aliphatic heterocycles. The fourth-order valence-corrected chi connectivity index (χ4v) is 1.87. The predicted molar refractivity (Wildman–Crippen MR) is 76.4 cm³/mol. The summed E-state index contributed by atoms with van der Waals surface area (Å²) in [5.74, 6) is -1.33. The van der Waals surface area contributed by atoms with Crippen LogP contribution in [0.3, 0.4) is 0 Å². The number of aryl methyl sites for hydroxylation is 1. The number of anilines is 1. The SMILES string of the molecule is Cc1cccc(CNc2ccc([N+](=O)[O-])c(C(=O)O)c2)n1. The van der Waals surface area contributed by atoms with E-state index in [-0.39, 0.29) is 5.56 Å². The van der Waals surface area contributed by atoms with E-state index in [0.29, 0.717) is 12.2 Å². The van der Waals surface area contributed by atoms with Crippen LogP contribution in [0, 0.1) is 17.0 Å². The number of nitrogens with zero attached hydrogens (tertiary/aromatic N) is 2. The molecule has 0 atom stereocenters. The zero-order chi connectivity index (χ0) is 15.4. The Morgan fingerprint density at radius 1 is 1.38 bits per heavy atom. The molecule has 0 radical (unpaired) electrons. The Morgan fingerprint density at radius 2 is 2.14 bits per heavy atom. The molecule has 0 aliphatic rings. The van der Waals surface area contributed by atoms with Crippen LogP contribution in [0.15, 0.2) is 36.4 Å². The summed E-state index contributed by atoms with van der Waals surface area (Å²) in [6, 6.07) is 9.48. The number of nitro groups is 1. The quantitative estimate of drug-likeness (QED) is 0.646. The van der Waals surface area contributed by atoms with Crippen molar-refractivity contribution < 1.29 is 14.8 Å². The van der Waals surface area contributed by atoms with Gasteiger partial charge in [-0.3, -0.25) is 15.1 Å². The molecule has 0 unspecified atom stereocenters. The third-order valence-electron chi connectivity index (χ3n) is 2.84. The third kappa shape index (κ3) is 3.53. The number of carbonyl (C=O) groups is 1. The maximum absolute atomic E-state index is 11.1. The predicted octanol–water partition coefficient (Wildman–Crippen LogP) is 2.61. The minimum atomic E-state index is -1.33. The Labute approximate surface area is 120 Å². The summed E-state index contributed by atoms with van der Waals surface area (Å²) in [7, 11) is 0. The summed E-state index contributed by atoms with van der Waals surface area (Å²) >= 11 is 0. The number of rotatable bonds is 5. The van der Waals surface area contributed by atoms with Crippen molar-refractivity contribution in [1.29, 1.82) is 0 Å². The molecule has 21 heavy (non-hydrogen) atoms. The van der Waals surface area contributed by atoms with Crippen molar-refractivity contribution in [1.82, 2.24) is 4.98 Å². The lowest BCUT2D eigenvalue weighted by molar-refractivity contribution is -0.385.